The average Bonchev–Trinajstić information content (AvgIpc) is 3.30. The molecular formula is C29H31N5O4. The van der Waals surface area contributed by atoms with E-state index in [2.05, 4.69) is 10.3 Å². The van der Waals surface area contributed by atoms with Crippen molar-refractivity contribution in [3.8, 4) is 22.8 Å². The van der Waals surface area contributed by atoms with Crippen LogP contribution >= 0.6 is 0 Å². The zero-order valence-corrected chi connectivity index (χ0v) is 21.0. The van der Waals surface area contributed by atoms with Crippen LogP contribution in [-0.4, -0.2) is 50.9 Å². The minimum absolute atomic E-state index is 0.0809. The second-order valence-corrected chi connectivity index (χ2v) is 8.76. The van der Waals surface area contributed by atoms with Crippen LogP contribution in [0.3, 0.4) is 0 Å². The van der Waals surface area contributed by atoms with Crippen molar-refractivity contribution in [3.63, 3.8) is 0 Å². The van der Waals surface area contributed by atoms with Crippen molar-refractivity contribution in [3.05, 3.63) is 96.3 Å². The van der Waals surface area contributed by atoms with Crippen molar-refractivity contribution < 1.29 is 19.4 Å². The van der Waals surface area contributed by atoms with Gasteiger partial charge < -0.3 is 20.9 Å². The molecule has 9 heteroatoms. The molecule has 1 atom stereocenters. The molecule has 0 spiro atoms. The average molecular weight is 514 g/mol. The monoisotopic (exact) mass is 513 g/mol. The Kier molecular flexibility index (Phi) is 9.20. The number of benzene rings is 2. The fourth-order valence-corrected chi connectivity index (χ4v) is 4.14. The van der Waals surface area contributed by atoms with Crippen molar-refractivity contribution in [1.82, 2.24) is 20.1 Å². The van der Waals surface area contributed by atoms with E-state index in [1.165, 1.54) is 0 Å². The molecule has 4 aromatic rings. The summed E-state index contributed by atoms with van der Waals surface area (Å²) in [7, 11) is 0. The smallest absolute Gasteiger partial charge is 0.240 e. The number of nitrogens with zero attached hydrogens (tertiary/aromatic N) is 3. The van der Waals surface area contributed by atoms with Crippen molar-refractivity contribution in [1.29, 1.82) is 0 Å². The van der Waals surface area contributed by atoms with Crippen LogP contribution in [0, 0.1) is 0 Å². The van der Waals surface area contributed by atoms with Gasteiger partial charge in [-0.1, -0.05) is 48.5 Å². The van der Waals surface area contributed by atoms with Crippen LogP contribution in [0.1, 0.15) is 24.0 Å². The molecule has 0 radical (unpaired) electrons. The molecule has 2 aromatic carbocycles. The summed E-state index contributed by atoms with van der Waals surface area (Å²) >= 11 is 0. The van der Waals surface area contributed by atoms with Crippen molar-refractivity contribution >= 4 is 11.8 Å². The number of nitrogens with one attached hydrogen (secondary N) is 1. The van der Waals surface area contributed by atoms with Gasteiger partial charge in [-0.2, -0.15) is 5.10 Å². The van der Waals surface area contributed by atoms with Gasteiger partial charge >= 0.3 is 0 Å². The Hall–Kier alpha value is -4.50. The fraction of sp³-hybridized carbons (Fsp3) is 0.241. The number of amides is 2. The van der Waals surface area contributed by atoms with Crippen molar-refractivity contribution in [2.45, 2.75) is 31.7 Å². The molecule has 4 N–H and O–H groups in total. The van der Waals surface area contributed by atoms with E-state index >= 15 is 0 Å². The predicted molar refractivity (Wildman–Crippen MR) is 144 cm³/mol. The van der Waals surface area contributed by atoms with E-state index in [0.29, 0.717) is 30.8 Å². The second-order valence-electron chi connectivity index (χ2n) is 8.76. The number of para-hydroxylation sites is 1. The first-order chi connectivity index (χ1) is 18.6. The molecule has 196 valence electrons. The Morgan fingerprint density at radius 3 is 2.42 bits per heavy atom. The maximum Gasteiger partial charge on any atom is 0.240 e. The number of carbonyl (C=O) groups excluding carboxylic acids is 2. The fourth-order valence-electron chi connectivity index (χ4n) is 4.14. The summed E-state index contributed by atoms with van der Waals surface area (Å²) in [5.41, 5.74) is 9.48. The molecule has 0 aliphatic rings. The third-order valence-corrected chi connectivity index (χ3v) is 5.98. The third-order valence-electron chi connectivity index (χ3n) is 5.98. The lowest BCUT2D eigenvalue weighted by molar-refractivity contribution is -0.127. The van der Waals surface area contributed by atoms with Gasteiger partial charge in [0.1, 0.15) is 11.7 Å². The molecule has 2 heterocycles. The van der Waals surface area contributed by atoms with Crippen LogP contribution < -0.4 is 15.8 Å². The summed E-state index contributed by atoms with van der Waals surface area (Å²) in [4.78, 5) is 28.7. The normalized spacial score (nSPS) is 11.6. The maximum absolute atomic E-state index is 12.6. The lowest BCUT2D eigenvalue weighted by Crippen LogP contribution is -2.45. The van der Waals surface area contributed by atoms with Gasteiger partial charge in [0.2, 0.25) is 17.7 Å². The Morgan fingerprint density at radius 2 is 1.76 bits per heavy atom. The highest BCUT2D eigenvalue weighted by atomic mass is 16.5. The lowest BCUT2D eigenvalue weighted by Gasteiger charge is -2.16. The summed E-state index contributed by atoms with van der Waals surface area (Å²) in [6, 6.07) is 21.9. The first-order valence-corrected chi connectivity index (χ1v) is 12.5. The molecular weight excluding hydrogens is 482 g/mol. The molecule has 0 saturated heterocycles. The Morgan fingerprint density at radius 1 is 1.03 bits per heavy atom. The molecule has 0 unspecified atom stereocenters. The van der Waals surface area contributed by atoms with E-state index in [4.69, 9.17) is 15.6 Å². The van der Waals surface area contributed by atoms with E-state index in [9.17, 15) is 14.7 Å². The van der Waals surface area contributed by atoms with Gasteiger partial charge in [0, 0.05) is 49.4 Å². The van der Waals surface area contributed by atoms with Gasteiger partial charge in [0.05, 0.1) is 12.3 Å². The van der Waals surface area contributed by atoms with Crippen LogP contribution in [0.15, 0.2) is 85.2 Å². The first-order valence-electron chi connectivity index (χ1n) is 12.5. The van der Waals surface area contributed by atoms with Crippen LogP contribution in [0.25, 0.3) is 16.9 Å². The molecule has 0 aliphatic heterocycles. The summed E-state index contributed by atoms with van der Waals surface area (Å²) < 4.78 is 7.88. The van der Waals surface area contributed by atoms with Crippen LogP contribution in [0.2, 0.25) is 0 Å². The molecule has 0 saturated carbocycles. The number of hydrogen-bond acceptors (Lipinski definition) is 6. The van der Waals surface area contributed by atoms with Gasteiger partial charge in [-0.3, -0.25) is 14.6 Å². The highest BCUT2D eigenvalue weighted by Gasteiger charge is 2.22. The SMILES string of the molecule is NC(=O)[C@H](Cc1ccccc1)NC(=O)CCCOc1c(CCO)c(-c2cccnc2)nn1-c1ccccc1. The zero-order valence-electron chi connectivity index (χ0n) is 21.0. The standard InChI is InChI=1S/C29H31N5O4/c30-28(37)25(19-21-9-3-1-4-10-21)32-26(36)14-8-18-38-29-24(15-17-35)27(22-11-7-16-31-20-22)33-34(29)23-12-5-2-6-13-23/h1-7,9-13,16,20,25,35H,8,14-15,17-19H2,(H2,30,37)(H,32,36)/t25-/m0/s1. The summed E-state index contributed by atoms with van der Waals surface area (Å²) in [6.07, 6.45) is 4.64. The van der Waals surface area contributed by atoms with E-state index in [-0.39, 0.29) is 25.5 Å². The van der Waals surface area contributed by atoms with Gasteiger partial charge in [0.15, 0.2) is 0 Å². The number of aromatic nitrogens is 3. The molecule has 2 amide bonds. The van der Waals surface area contributed by atoms with E-state index < -0.39 is 11.9 Å². The Balaban J connectivity index is 1.45. The van der Waals surface area contributed by atoms with Crippen LogP contribution in [-0.2, 0) is 22.4 Å². The molecule has 38 heavy (non-hydrogen) atoms. The van der Waals surface area contributed by atoms with E-state index in [1.807, 2.05) is 72.8 Å². The zero-order chi connectivity index (χ0) is 26.7. The number of ether oxygens (including phenoxy) is 1. The number of carbonyl (C=O) groups is 2. The number of nitrogens with two attached hydrogens (primary N) is 1. The predicted octanol–water partition coefficient (Wildman–Crippen LogP) is 2.84. The minimum atomic E-state index is -0.788. The topological polar surface area (TPSA) is 132 Å². The Labute approximate surface area is 221 Å². The highest BCUT2D eigenvalue weighted by molar-refractivity contribution is 5.86. The molecule has 0 fully saturated rings. The first kappa shape index (κ1) is 26.6. The molecule has 9 nitrogen and oxygen atoms in total. The largest absolute Gasteiger partial charge is 0.477 e. The molecule has 0 bridgehead atoms. The summed E-state index contributed by atoms with van der Waals surface area (Å²) in [5.74, 6) is -0.359. The minimum Gasteiger partial charge on any atom is -0.477 e. The summed E-state index contributed by atoms with van der Waals surface area (Å²) in [5, 5.41) is 17.3. The van der Waals surface area contributed by atoms with Crippen molar-refractivity contribution in [2.75, 3.05) is 13.2 Å². The number of aliphatic hydroxyl groups is 1. The third kappa shape index (κ3) is 6.83. The van der Waals surface area contributed by atoms with E-state index in [1.54, 1.807) is 17.1 Å². The number of rotatable bonds is 13. The van der Waals surface area contributed by atoms with Gasteiger partial charge in [0.25, 0.3) is 0 Å². The second kappa shape index (κ2) is 13.2. The molecule has 2 aromatic heterocycles. The number of pyridine rings is 1. The molecule has 0 aliphatic carbocycles. The van der Waals surface area contributed by atoms with Crippen LogP contribution in [0.4, 0.5) is 0 Å². The van der Waals surface area contributed by atoms with Gasteiger partial charge in [-0.15, -0.1) is 0 Å². The van der Waals surface area contributed by atoms with E-state index in [0.717, 1.165) is 22.4 Å². The molecule has 4 rings (SSSR count). The number of aliphatic hydroxyl groups excluding tert-OH is 1. The number of hydrogen-bond donors (Lipinski definition) is 3. The van der Waals surface area contributed by atoms with Crippen LogP contribution in [0.5, 0.6) is 5.88 Å². The lowest BCUT2D eigenvalue weighted by atomic mass is 10.1. The Bertz CT molecular complexity index is 1330. The summed E-state index contributed by atoms with van der Waals surface area (Å²) in [6.45, 7) is 0.152. The highest BCUT2D eigenvalue weighted by Crippen LogP contribution is 2.33. The number of primary amides is 1. The van der Waals surface area contributed by atoms with Crippen molar-refractivity contribution in [2.24, 2.45) is 5.73 Å². The maximum atomic E-state index is 12.6. The van der Waals surface area contributed by atoms with Gasteiger partial charge in [-0.05, 0) is 36.2 Å². The van der Waals surface area contributed by atoms with Gasteiger partial charge in [-0.25, -0.2) is 4.68 Å². The quantitative estimate of drug-likeness (QED) is 0.236.